The van der Waals surface area contributed by atoms with Crippen molar-refractivity contribution in [3.8, 4) is 0 Å². The third kappa shape index (κ3) is 4.44. The maximum Gasteiger partial charge on any atom is 0.227 e. The van der Waals surface area contributed by atoms with Crippen LogP contribution in [-0.4, -0.2) is 38.8 Å². The molecule has 0 saturated carbocycles. The number of hydrogen-bond acceptors (Lipinski definition) is 4. The zero-order valence-corrected chi connectivity index (χ0v) is 12.7. The van der Waals surface area contributed by atoms with Crippen molar-refractivity contribution in [3.05, 3.63) is 24.3 Å². The molecule has 0 aromatic heterocycles. The van der Waals surface area contributed by atoms with E-state index in [0.717, 1.165) is 37.2 Å². The van der Waals surface area contributed by atoms with E-state index in [9.17, 15) is 4.79 Å². The van der Waals surface area contributed by atoms with Crippen molar-refractivity contribution in [2.45, 2.75) is 31.7 Å². The van der Waals surface area contributed by atoms with Crippen LogP contribution < -0.4 is 16.0 Å². The van der Waals surface area contributed by atoms with Crippen LogP contribution in [0.3, 0.4) is 0 Å². The van der Waals surface area contributed by atoms with Crippen LogP contribution >= 0.6 is 0 Å². The molecule has 1 saturated heterocycles. The number of carbonyl (C=O) groups is 1. The molecule has 0 bridgehead atoms. The van der Waals surface area contributed by atoms with Gasteiger partial charge in [0, 0.05) is 37.5 Å². The summed E-state index contributed by atoms with van der Waals surface area (Å²) in [4.78, 5) is 13.6. The normalized spacial score (nSPS) is 16.3. The van der Waals surface area contributed by atoms with Gasteiger partial charge in [-0.2, -0.15) is 0 Å². The molecule has 0 aliphatic carbocycles. The smallest absolute Gasteiger partial charge is 0.227 e. The fraction of sp³-hybridized carbons (Fsp3) is 0.562. The fourth-order valence-corrected chi connectivity index (χ4v) is 2.66. The average Bonchev–Trinajstić information content (AvgIpc) is 2.92. The molecule has 5 heteroatoms. The number of methoxy groups -OCH3 is 1. The lowest BCUT2D eigenvalue weighted by molar-refractivity contribution is -0.117. The van der Waals surface area contributed by atoms with Gasteiger partial charge in [-0.25, -0.2) is 0 Å². The number of nitrogens with two attached hydrogens (primary N) is 1. The number of hydrogen-bond donors (Lipinski definition) is 2. The minimum absolute atomic E-state index is 0.218. The highest BCUT2D eigenvalue weighted by Gasteiger charge is 2.21. The number of amides is 1. The van der Waals surface area contributed by atoms with E-state index >= 15 is 0 Å². The van der Waals surface area contributed by atoms with Gasteiger partial charge in [0.1, 0.15) is 0 Å². The Morgan fingerprint density at radius 3 is 2.71 bits per heavy atom. The molecule has 116 valence electrons. The van der Waals surface area contributed by atoms with Gasteiger partial charge >= 0.3 is 0 Å². The first kappa shape index (κ1) is 15.8. The Labute approximate surface area is 126 Å². The summed E-state index contributed by atoms with van der Waals surface area (Å²) in [6, 6.07) is 8.30. The molecule has 3 N–H and O–H groups in total. The number of carbonyl (C=O) groups excluding carboxylic acids is 1. The lowest BCUT2D eigenvalue weighted by Gasteiger charge is -2.20. The van der Waals surface area contributed by atoms with E-state index in [2.05, 4.69) is 5.32 Å². The Morgan fingerprint density at radius 1 is 1.38 bits per heavy atom. The number of benzene rings is 1. The molecular formula is C16H25N3O2. The van der Waals surface area contributed by atoms with E-state index in [-0.39, 0.29) is 11.9 Å². The van der Waals surface area contributed by atoms with E-state index in [1.54, 1.807) is 7.11 Å². The molecule has 1 amide bonds. The van der Waals surface area contributed by atoms with E-state index < -0.39 is 0 Å². The van der Waals surface area contributed by atoms with Crippen LogP contribution in [0.1, 0.15) is 25.7 Å². The molecule has 1 aliphatic rings. The zero-order valence-electron chi connectivity index (χ0n) is 12.7. The number of rotatable bonds is 8. The number of nitrogens with zero attached hydrogens (tertiary/aromatic N) is 1. The van der Waals surface area contributed by atoms with E-state index in [1.165, 1.54) is 0 Å². The molecule has 0 spiro atoms. The first-order valence-corrected chi connectivity index (χ1v) is 7.60. The van der Waals surface area contributed by atoms with Crippen LogP contribution in [0, 0.1) is 0 Å². The maximum atomic E-state index is 11.7. The molecule has 5 nitrogen and oxygen atoms in total. The molecule has 0 radical (unpaired) electrons. The van der Waals surface area contributed by atoms with Crippen molar-refractivity contribution in [3.63, 3.8) is 0 Å². The quantitative estimate of drug-likeness (QED) is 0.768. The first-order chi connectivity index (χ1) is 10.2. The van der Waals surface area contributed by atoms with Crippen molar-refractivity contribution in [1.82, 2.24) is 0 Å². The van der Waals surface area contributed by atoms with E-state index in [0.29, 0.717) is 19.6 Å². The highest BCUT2D eigenvalue weighted by molar-refractivity contribution is 5.95. The van der Waals surface area contributed by atoms with Gasteiger partial charge in [-0.15, -0.1) is 0 Å². The van der Waals surface area contributed by atoms with Crippen LogP contribution in [0.5, 0.6) is 0 Å². The summed E-state index contributed by atoms with van der Waals surface area (Å²) in [5.74, 6) is 0.218. The monoisotopic (exact) mass is 291 g/mol. The standard InChI is InChI=1S/C16H25N3O2/c1-21-12-14(4-2-10-17)18-13-6-8-15(9-7-13)19-11-3-5-16(19)20/h6-9,14,18H,2-5,10-12,17H2,1H3. The molecular weight excluding hydrogens is 266 g/mol. The summed E-state index contributed by atoms with van der Waals surface area (Å²) in [5, 5.41) is 3.46. The second-order valence-electron chi connectivity index (χ2n) is 5.42. The first-order valence-electron chi connectivity index (χ1n) is 7.60. The minimum Gasteiger partial charge on any atom is -0.383 e. The second-order valence-corrected chi connectivity index (χ2v) is 5.42. The van der Waals surface area contributed by atoms with Crippen LogP contribution in [0.4, 0.5) is 11.4 Å². The van der Waals surface area contributed by atoms with Gasteiger partial charge in [-0.1, -0.05) is 0 Å². The van der Waals surface area contributed by atoms with Crippen molar-refractivity contribution in [1.29, 1.82) is 0 Å². The average molecular weight is 291 g/mol. The third-order valence-electron chi connectivity index (χ3n) is 3.75. The van der Waals surface area contributed by atoms with E-state index in [1.807, 2.05) is 29.2 Å². The summed E-state index contributed by atoms with van der Waals surface area (Å²) in [7, 11) is 1.71. The fourth-order valence-electron chi connectivity index (χ4n) is 2.66. The molecule has 1 aromatic rings. The Kier molecular flexibility index (Phi) is 6.02. The second kappa shape index (κ2) is 8.00. The van der Waals surface area contributed by atoms with Crippen LogP contribution in [-0.2, 0) is 9.53 Å². The number of anilines is 2. The van der Waals surface area contributed by atoms with Gasteiger partial charge in [0.05, 0.1) is 6.61 Å². The van der Waals surface area contributed by atoms with Crippen LogP contribution in [0.2, 0.25) is 0 Å². The predicted octanol–water partition coefficient (Wildman–Crippen LogP) is 1.98. The van der Waals surface area contributed by atoms with Gasteiger partial charge in [-0.05, 0) is 50.1 Å². The molecule has 1 aliphatic heterocycles. The minimum atomic E-state index is 0.218. The molecule has 2 rings (SSSR count). The Morgan fingerprint density at radius 2 is 2.14 bits per heavy atom. The van der Waals surface area contributed by atoms with Crippen molar-refractivity contribution in [2.24, 2.45) is 5.73 Å². The Hall–Kier alpha value is -1.59. The van der Waals surface area contributed by atoms with Gasteiger partial charge in [0.15, 0.2) is 0 Å². The highest BCUT2D eigenvalue weighted by atomic mass is 16.5. The van der Waals surface area contributed by atoms with Crippen molar-refractivity contribution in [2.75, 3.05) is 37.0 Å². The van der Waals surface area contributed by atoms with Crippen LogP contribution in [0.15, 0.2) is 24.3 Å². The Balaban J connectivity index is 1.95. The number of nitrogens with one attached hydrogen (secondary N) is 1. The van der Waals surface area contributed by atoms with Gasteiger partial charge in [-0.3, -0.25) is 4.79 Å². The summed E-state index contributed by atoms with van der Waals surface area (Å²) >= 11 is 0. The molecule has 1 aromatic carbocycles. The molecule has 1 heterocycles. The topological polar surface area (TPSA) is 67.6 Å². The molecule has 21 heavy (non-hydrogen) atoms. The summed E-state index contributed by atoms with van der Waals surface area (Å²) in [5.41, 5.74) is 7.59. The zero-order chi connectivity index (χ0) is 15.1. The SMILES string of the molecule is COCC(CCCN)Nc1ccc(N2CCCC2=O)cc1. The predicted molar refractivity (Wildman–Crippen MR) is 85.6 cm³/mol. The molecule has 1 unspecified atom stereocenters. The van der Waals surface area contributed by atoms with E-state index in [4.69, 9.17) is 10.5 Å². The largest absolute Gasteiger partial charge is 0.383 e. The van der Waals surface area contributed by atoms with Gasteiger partial charge in [0.25, 0.3) is 0 Å². The maximum absolute atomic E-state index is 11.7. The van der Waals surface area contributed by atoms with Crippen molar-refractivity contribution < 1.29 is 9.53 Å². The molecule has 1 fully saturated rings. The highest BCUT2D eigenvalue weighted by Crippen LogP contribution is 2.23. The molecule has 1 atom stereocenters. The lowest BCUT2D eigenvalue weighted by Crippen LogP contribution is -2.26. The summed E-state index contributed by atoms with van der Waals surface area (Å²) in [6.45, 7) is 2.18. The lowest BCUT2D eigenvalue weighted by atomic mass is 10.1. The van der Waals surface area contributed by atoms with Crippen molar-refractivity contribution >= 4 is 17.3 Å². The van der Waals surface area contributed by atoms with Gasteiger partial charge < -0.3 is 20.7 Å². The number of ether oxygens (including phenoxy) is 1. The summed E-state index contributed by atoms with van der Waals surface area (Å²) in [6.07, 6.45) is 3.57. The Bertz CT molecular complexity index is 447. The van der Waals surface area contributed by atoms with Crippen LogP contribution in [0.25, 0.3) is 0 Å². The van der Waals surface area contributed by atoms with Gasteiger partial charge in [0.2, 0.25) is 5.91 Å². The third-order valence-corrected chi connectivity index (χ3v) is 3.75. The summed E-state index contributed by atoms with van der Waals surface area (Å²) < 4.78 is 5.24.